The summed E-state index contributed by atoms with van der Waals surface area (Å²) >= 11 is 0. The Kier molecular flexibility index (Phi) is 2.11. The maximum absolute atomic E-state index is 11.4. The monoisotopic (exact) mass is 197 g/mol. The van der Waals surface area contributed by atoms with Crippen molar-refractivity contribution in [3.8, 4) is 0 Å². The number of nitrogens with two attached hydrogens (primary N) is 1. The van der Waals surface area contributed by atoms with E-state index in [1.807, 2.05) is 0 Å². The van der Waals surface area contributed by atoms with Crippen molar-refractivity contribution in [2.75, 3.05) is 0 Å². The molecule has 0 amide bonds. The zero-order chi connectivity index (χ0) is 10.4. The zero-order valence-corrected chi connectivity index (χ0v) is 8.75. The molecule has 0 unspecified atom stereocenters. The second-order valence-electron chi connectivity index (χ2n) is 5.29. The summed E-state index contributed by atoms with van der Waals surface area (Å²) in [6.07, 6.45) is 5.47. The molecular formula is C11H19NO2. The first-order valence-electron chi connectivity index (χ1n) is 5.49. The van der Waals surface area contributed by atoms with Crippen molar-refractivity contribution < 1.29 is 9.90 Å². The molecule has 0 radical (unpaired) electrons. The first kappa shape index (κ1) is 9.97. The van der Waals surface area contributed by atoms with Gasteiger partial charge >= 0.3 is 5.97 Å². The normalized spacial score (nSPS) is 40.6. The summed E-state index contributed by atoms with van der Waals surface area (Å²) in [5, 5.41) is 9.41. The first-order valence-corrected chi connectivity index (χ1v) is 5.49. The zero-order valence-electron chi connectivity index (χ0n) is 8.75. The van der Waals surface area contributed by atoms with E-state index in [0.29, 0.717) is 0 Å². The fraction of sp³-hybridized carbons (Fsp3) is 0.909. The second-order valence-corrected chi connectivity index (χ2v) is 5.29. The van der Waals surface area contributed by atoms with Gasteiger partial charge in [0.15, 0.2) is 0 Å². The minimum Gasteiger partial charge on any atom is -0.481 e. The van der Waals surface area contributed by atoms with Gasteiger partial charge in [-0.05, 0) is 43.9 Å². The Labute approximate surface area is 84.7 Å². The van der Waals surface area contributed by atoms with Gasteiger partial charge < -0.3 is 10.8 Å². The molecule has 0 atom stereocenters. The molecule has 0 aromatic heterocycles. The van der Waals surface area contributed by atoms with Crippen LogP contribution in [0.3, 0.4) is 0 Å². The Morgan fingerprint density at radius 3 is 2.14 bits per heavy atom. The van der Waals surface area contributed by atoms with Crippen LogP contribution in [0.2, 0.25) is 0 Å². The molecule has 0 heterocycles. The SMILES string of the molecule is CC1(C2(C(=O)O)CCC(N)CC2)CC1. The Morgan fingerprint density at radius 1 is 1.29 bits per heavy atom. The summed E-state index contributed by atoms with van der Waals surface area (Å²) in [7, 11) is 0. The van der Waals surface area contributed by atoms with Crippen LogP contribution in [0.1, 0.15) is 45.4 Å². The largest absolute Gasteiger partial charge is 0.481 e. The fourth-order valence-corrected chi connectivity index (χ4v) is 2.87. The van der Waals surface area contributed by atoms with Crippen LogP contribution in [0.4, 0.5) is 0 Å². The number of carbonyl (C=O) groups is 1. The summed E-state index contributed by atoms with van der Waals surface area (Å²) in [5.74, 6) is -0.593. The Balaban J connectivity index is 2.20. The van der Waals surface area contributed by atoms with E-state index in [0.717, 1.165) is 38.5 Å². The molecule has 2 saturated carbocycles. The van der Waals surface area contributed by atoms with E-state index >= 15 is 0 Å². The molecule has 0 bridgehead atoms. The van der Waals surface area contributed by atoms with Gasteiger partial charge in [0.25, 0.3) is 0 Å². The van der Waals surface area contributed by atoms with E-state index in [1.54, 1.807) is 0 Å². The maximum atomic E-state index is 11.4. The molecule has 2 aliphatic rings. The van der Waals surface area contributed by atoms with Crippen LogP contribution in [0.5, 0.6) is 0 Å². The standard InChI is InChI=1S/C11H19NO2/c1-10(6-7-10)11(9(13)14)4-2-8(12)3-5-11/h8H,2-7,12H2,1H3,(H,13,14). The van der Waals surface area contributed by atoms with Crippen LogP contribution in [0.15, 0.2) is 0 Å². The lowest BCUT2D eigenvalue weighted by Gasteiger charge is -2.40. The number of rotatable bonds is 2. The number of hydrogen-bond donors (Lipinski definition) is 2. The molecule has 14 heavy (non-hydrogen) atoms. The highest BCUT2D eigenvalue weighted by molar-refractivity contribution is 5.76. The van der Waals surface area contributed by atoms with Gasteiger partial charge in [-0.1, -0.05) is 6.92 Å². The highest BCUT2D eigenvalue weighted by Gasteiger charge is 2.60. The number of hydrogen-bond acceptors (Lipinski definition) is 2. The average molecular weight is 197 g/mol. The molecule has 3 heteroatoms. The molecular weight excluding hydrogens is 178 g/mol. The van der Waals surface area contributed by atoms with Crippen molar-refractivity contribution in [1.29, 1.82) is 0 Å². The first-order chi connectivity index (χ1) is 6.50. The van der Waals surface area contributed by atoms with Crippen LogP contribution >= 0.6 is 0 Å². The second kappa shape index (κ2) is 2.96. The number of carboxylic acids is 1. The molecule has 2 rings (SSSR count). The summed E-state index contributed by atoms with van der Waals surface area (Å²) in [6, 6.07) is 0.227. The van der Waals surface area contributed by atoms with Crippen LogP contribution in [0, 0.1) is 10.8 Å². The van der Waals surface area contributed by atoms with Gasteiger partial charge in [-0.3, -0.25) is 4.79 Å². The van der Waals surface area contributed by atoms with Gasteiger partial charge in [0.05, 0.1) is 5.41 Å². The summed E-state index contributed by atoms with van der Waals surface area (Å²) in [6.45, 7) is 2.12. The Hall–Kier alpha value is -0.570. The van der Waals surface area contributed by atoms with Gasteiger partial charge in [0.1, 0.15) is 0 Å². The average Bonchev–Trinajstić information content (AvgIpc) is 2.86. The molecule has 0 saturated heterocycles. The predicted octanol–water partition coefficient (Wildman–Crippen LogP) is 1.76. The topological polar surface area (TPSA) is 63.3 Å². The van der Waals surface area contributed by atoms with E-state index in [-0.39, 0.29) is 11.5 Å². The van der Waals surface area contributed by atoms with Crippen molar-refractivity contribution in [3.63, 3.8) is 0 Å². The van der Waals surface area contributed by atoms with Crippen molar-refractivity contribution in [3.05, 3.63) is 0 Å². The van der Waals surface area contributed by atoms with Gasteiger partial charge in [-0.25, -0.2) is 0 Å². The highest BCUT2D eigenvalue weighted by atomic mass is 16.4. The molecule has 0 aromatic carbocycles. The van der Waals surface area contributed by atoms with Crippen molar-refractivity contribution in [2.24, 2.45) is 16.6 Å². The van der Waals surface area contributed by atoms with E-state index in [1.165, 1.54) is 0 Å². The van der Waals surface area contributed by atoms with Gasteiger partial charge in [-0.15, -0.1) is 0 Å². The minimum absolute atomic E-state index is 0.0684. The molecule has 0 aromatic rings. The summed E-state index contributed by atoms with van der Waals surface area (Å²) < 4.78 is 0. The van der Waals surface area contributed by atoms with Crippen molar-refractivity contribution >= 4 is 5.97 Å². The Bertz CT molecular complexity index is 250. The molecule has 3 N–H and O–H groups in total. The van der Waals surface area contributed by atoms with E-state index < -0.39 is 11.4 Å². The third-order valence-electron chi connectivity index (χ3n) is 4.45. The van der Waals surface area contributed by atoms with Crippen molar-refractivity contribution in [2.45, 2.75) is 51.5 Å². The quantitative estimate of drug-likeness (QED) is 0.709. The predicted molar refractivity (Wildman–Crippen MR) is 53.9 cm³/mol. The van der Waals surface area contributed by atoms with Crippen LogP contribution < -0.4 is 5.73 Å². The van der Waals surface area contributed by atoms with Crippen molar-refractivity contribution in [1.82, 2.24) is 0 Å². The molecule has 80 valence electrons. The fourth-order valence-electron chi connectivity index (χ4n) is 2.87. The smallest absolute Gasteiger partial charge is 0.310 e. The van der Waals surface area contributed by atoms with Crippen LogP contribution in [-0.2, 0) is 4.79 Å². The van der Waals surface area contributed by atoms with Crippen LogP contribution in [0.25, 0.3) is 0 Å². The summed E-state index contributed by atoms with van der Waals surface area (Å²) in [4.78, 5) is 11.4. The minimum atomic E-state index is -0.593. The van der Waals surface area contributed by atoms with Gasteiger partial charge in [0, 0.05) is 6.04 Å². The maximum Gasteiger partial charge on any atom is 0.310 e. The molecule has 2 fully saturated rings. The van der Waals surface area contributed by atoms with E-state index in [2.05, 4.69) is 6.92 Å². The third kappa shape index (κ3) is 1.26. The Morgan fingerprint density at radius 2 is 1.79 bits per heavy atom. The van der Waals surface area contributed by atoms with Crippen LogP contribution in [-0.4, -0.2) is 17.1 Å². The summed E-state index contributed by atoms with van der Waals surface area (Å²) in [5.41, 5.74) is 5.44. The number of aliphatic carboxylic acids is 1. The molecule has 2 aliphatic carbocycles. The molecule has 0 aliphatic heterocycles. The van der Waals surface area contributed by atoms with E-state index in [9.17, 15) is 9.90 Å². The third-order valence-corrected chi connectivity index (χ3v) is 4.45. The van der Waals surface area contributed by atoms with Gasteiger partial charge in [0.2, 0.25) is 0 Å². The van der Waals surface area contributed by atoms with E-state index in [4.69, 9.17) is 5.73 Å². The lowest BCUT2D eigenvalue weighted by Crippen LogP contribution is -2.44. The molecule has 3 nitrogen and oxygen atoms in total. The van der Waals surface area contributed by atoms with Gasteiger partial charge in [-0.2, -0.15) is 0 Å². The lowest BCUT2D eigenvalue weighted by molar-refractivity contribution is -0.156. The highest BCUT2D eigenvalue weighted by Crippen LogP contribution is 2.63. The molecule has 0 spiro atoms. The number of carboxylic acid groups (broad SMARTS) is 1. The lowest BCUT2D eigenvalue weighted by atomic mass is 9.63.